The van der Waals surface area contributed by atoms with Crippen molar-refractivity contribution in [3.8, 4) is 11.3 Å². The zero-order valence-electron chi connectivity index (χ0n) is 13.2. The predicted octanol–water partition coefficient (Wildman–Crippen LogP) is 4.00. The summed E-state index contributed by atoms with van der Waals surface area (Å²) >= 11 is 5.95. The summed E-state index contributed by atoms with van der Waals surface area (Å²) in [7, 11) is 0. The number of carbonyl (C=O) groups is 1. The number of carbonyl (C=O) groups excluding carboxylic acids is 1. The lowest BCUT2D eigenvalue weighted by atomic mass is 10.1. The van der Waals surface area contributed by atoms with E-state index in [0.29, 0.717) is 23.7 Å². The highest BCUT2D eigenvalue weighted by atomic mass is 35.5. The Hall–Kier alpha value is -2.66. The normalized spacial score (nSPS) is 10.6. The molecule has 0 fully saturated rings. The predicted molar refractivity (Wildman–Crippen MR) is 95.0 cm³/mol. The zero-order valence-corrected chi connectivity index (χ0v) is 14.0. The quantitative estimate of drug-likeness (QED) is 0.737. The molecule has 1 aromatic carbocycles. The van der Waals surface area contributed by atoms with Crippen molar-refractivity contribution in [2.75, 3.05) is 5.32 Å². The molecule has 5 nitrogen and oxygen atoms in total. The van der Waals surface area contributed by atoms with E-state index >= 15 is 0 Å². The monoisotopic (exact) mass is 340 g/mol. The number of rotatable bonds is 5. The van der Waals surface area contributed by atoms with Crippen LogP contribution >= 0.6 is 11.6 Å². The maximum atomic E-state index is 12.2. The van der Waals surface area contributed by atoms with Crippen LogP contribution < -0.4 is 5.32 Å². The van der Waals surface area contributed by atoms with Gasteiger partial charge < -0.3 is 5.32 Å². The minimum absolute atomic E-state index is 0.0667. The molecular formula is C18H17ClN4O. The summed E-state index contributed by atoms with van der Waals surface area (Å²) in [5.41, 5.74) is 3.70. The molecule has 2 aromatic heterocycles. The first kappa shape index (κ1) is 16.2. The van der Waals surface area contributed by atoms with Gasteiger partial charge in [-0.1, -0.05) is 23.7 Å². The van der Waals surface area contributed by atoms with Gasteiger partial charge in [0.1, 0.15) is 5.82 Å². The van der Waals surface area contributed by atoms with Gasteiger partial charge in [0.15, 0.2) is 0 Å². The van der Waals surface area contributed by atoms with Gasteiger partial charge >= 0.3 is 0 Å². The molecule has 1 amide bonds. The Balaban J connectivity index is 1.64. The number of nitrogens with zero attached hydrogens (tertiary/aromatic N) is 2. The molecule has 6 heteroatoms. The van der Waals surface area contributed by atoms with Crippen LogP contribution in [-0.2, 0) is 11.2 Å². The number of hydrogen-bond donors (Lipinski definition) is 2. The second-order valence-corrected chi connectivity index (χ2v) is 5.92. The molecule has 0 aliphatic rings. The van der Waals surface area contributed by atoms with Crippen molar-refractivity contribution in [3.63, 3.8) is 0 Å². The lowest BCUT2D eigenvalue weighted by Gasteiger charge is -2.05. The van der Waals surface area contributed by atoms with E-state index in [4.69, 9.17) is 11.6 Å². The fourth-order valence-corrected chi connectivity index (χ4v) is 2.68. The van der Waals surface area contributed by atoms with Gasteiger partial charge in [0.25, 0.3) is 0 Å². The molecule has 0 atom stereocenters. The third-order valence-electron chi connectivity index (χ3n) is 3.76. The molecule has 24 heavy (non-hydrogen) atoms. The van der Waals surface area contributed by atoms with Gasteiger partial charge in [-0.2, -0.15) is 5.10 Å². The number of aromatic amines is 1. The fourth-order valence-electron chi connectivity index (χ4n) is 2.46. The van der Waals surface area contributed by atoms with Crippen molar-refractivity contribution in [2.24, 2.45) is 0 Å². The minimum atomic E-state index is -0.0667. The summed E-state index contributed by atoms with van der Waals surface area (Å²) in [6.07, 6.45) is 4.44. The van der Waals surface area contributed by atoms with Crippen LogP contribution in [-0.4, -0.2) is 21.1 Å². The summed E-state index contributed by atoms with van der Waals surface area (Å²) in [4.78, 5) is 16.2. The topological polar surface area (TPSA) is 70.7 Å². The average molecular weight is 341 g/mol. The summed E-state index contributed by atoms with van der Waals surface area (Å²) < 4.78 is 0. The molecule has 3 aromatic rings. The van der Waals surface area contributed by atoms with Crippen LogP contribution in [0.25, 0.3) is 11.3 Å². The number of hydrogen-bond acceptors (Lipinski definition) is 3. The Bertz CT molecular complexity index is 845. The number of H-pyrrole nitrogens is 1. The highest BCUT2D eigenvalue weighted by Crippen LogP contribution is 2.25. The molecule has 122 valence electrons. The number of aryl methyl sites for hydroxylation is 1. The van der Waals surface area contributed by atoms with Gasteiger partial charge in [-0.25, -0.2) is 0 Å². The lowest BCUT2D eigenvalue weighted by Crippen LogP contribution is -2.13. The van der Waals surface area contributed by atoms with Crippen molar-refractivity contribution in [2.45, 2.75) is 19.8 Å². The third-order valence-corrected chi connectivity index (χ3v) is 3.99. The van der Waals surface area contributed by atoms with Gasteiger partial charge in [-0.05, 0) is 43.2 Å². The molecule has 0 saturated carbocycles. The van der Waals surface area contributed by atoms with Gasteiger partial charge in [-0.3, -0.25) is 14.9 Å². The Morgan fingerprint density at radius 1 is 1.25 bits per heavy atom. The molecule has 0 aliphatic heterocycles. The van der Waals surface area contributed by atoms with E-state index in [1.54, 1.807) is 12.4 Å². The lowest BCUT2D eigenvalue weighted by molar-refractivity contribution is -0.116. The van der Waals surface area contributed by atoms with Gasteiger partial charge in [0.2, 0.25) is 5.91 Å². The van der Waals surface area contributed by atoms with Gasteiger partial charge in [0.05, 0.1) is 5.69 Å². The average Bonchev–Trinajstić information content (AvgIpc) is 2.95. The first-order chi connectivity index (χ1) is 11.6. The fraction of sp³-hybridized carbons (Fsp3) is 0.167. The van der Waals surface area contributed by atoms with Crippen molar-refractivity contribution < 1.29 is 4.79 Å². The van der Waals surface area contributed by atoms with Crippen LogP contribution in [0.2, 0.25) is 5.02 Å². The summed E-state index contributed by atoms with van der Waals surface area (Å²) in [6.45, 7) is 1.92. The van der Waals surface area contributed by atoms with Crippen molar-refractivity contribution >= 4 is 23.3 Å². The number of amides is 1. The minimum Gasteiger partial charge on any atom is -0.311 e. The second-order valence-electron chi connectivity index (χ2n) is 5.49. The zero-order chi connectivity index (χ0) is 16.9. The molecule has 0 bridgehead atoms. The highest BCUT2D eigenvalue weighted by molar-refractivity contribution is 6.30. The number of nitrogens with one attached hydrogen (secondary N) is 2. The summed E-state index contributed by atoms with van der Waals surface area (Å²) in [5, 5.41) is 10.7. The number of anilines is 1. The van der Waals surface area contributed by atoms with E-state index in [2.05, 4.69) is 20.5 Å². The SMILES string of the molecule is Cc1c(-c2ccncc2)n[nH]c1NC(=O)CCc1cccc(Cl)c1. The largest absolute Gasteiger partial charge is 0.311 e. The Labute approximate surface area is 145 Å². The van der Waals surface area contributed by atoms with Crippen molar-refractivity contribution in [1.82, 2.24) is 15.2 Å². The first-order valence-corrected chi connectivity index (χ1v) is 8.01. The second kappa shape index (κ2) is 7.27. The standard InChI is InChI=1S/C18H17ClN4O/c1-12-17(14-7-9-20-10-8-14)22-23-18(12)21-16(24)6-5-13-3-2-4-15(19)11-13/h2-4,7-11H,5-6H2,1H3,(H2,21,22,23,24). The number of benzene rings is 1. The van der Waals surface area contributed by atoms with Crippen molar-refractivity contribution in [1.29, 1.82) is 0 Å². The third kappa shape index (κ3) is 3.81. The molecule has 2 heterocycles. The van der Waals surface area contributed by atoms with Crippen LogP contribution in [0.1, 0.15) is 17.5 Å². The van der Waals surface area contributed by atoms with E-state index < -0.39 is 0 Å². The number of halogens is 1. The summed E-state index contributed by atoms with van der Waals surface area (Å²) in [6, 6.07) is 11.3. The number of aromatic nitrogens is 3. The molecule has 2 N–H and O–H groups in total. The molecule has 0 aliphatic carbocycles. The molecule has 0 unspecified atom stereocenters. The van der Waals surface area contributed by atoms with E-state index in [1.807, 2.05) is 43.3 Å². The smallest absolute Gasteiger partial charge is 0.225 e. The number of pyridine rings is 1. The first-order valence-electron chi connectivity index (χ1n) is 7.63. The van der Waals surface area contributed by atoms with Crippen LogP contribution in [0, 0.1) is 6.92 Å². The van der Waals surface area contributed by atoms with Crippen LogP contribution in [0.4, 0.5) is 5.82 Å². The molecule has 0 spiro atoms. The molecule has 0 radical (unpaired) electrons. The van der Waals surface area contributed by atoms with Crippen molar-refractivity contribution in [3.05, 3.63) is 64.9 Å². The maximum absolute atomic E-state index is 12.2. The van der Waals surface area contributed by atoms with E-state index in [9.17, 15) is 4.79 Å². The van der Waals surface area contributed by atoms with Gasteiger partial charge in [-0.15, -0.1) is 0 Å². The Kier molecular flexibility index (Phi) is 4.91. The van der Waals surface area contributed by atoms with Crippen LogP contribution in [0.3, 0.4) is 0 Å². The highest BCUT2D eigenvalue weighted by Gasteiger charge is 2.13. The Morgan fingerprint density at radius 3 is 2.79 bits per heavy atom. The van der Waals surface area contributed by atoms with Crippen LogP contribution in [0.15, 0.2) is 48.8 Å². The molecular weight excluding hydrogens is 324 g/mol. The summed E-state index contributed by atoms with van der Waals surface area (Å²) in [5.74, 6) is 0.556. The van der Waals surface area contributed by atoms with Crippen LogP contribution in [0.5, 0.6) is 0 Å². The van der Waals surface area contributed by atoms with Gasteiger partial charge in [0, 0.05) is 35.0 Å². The Morgan fingerprint density at radius 2 is 2.04 bits per heavy atom. The van der Waals surface area contributed by atoms with E-state index in [1.165, 1.54) is 0 Å². The van der Waals surface area contributed by atoms with E-state index in [-0.39, 0.29) is 5.91 Å². The molecule has 0 saturated heterocycles. The van der Waals surface area contributed by atoms with E-state index in [0.717, 1.165) is 22.4 Å². The maximum Gasteiger partial charge on any atom is 0.225 e. The molecule has 3 rings (SSSR count).